The van der Waals surface area contributed by atoms with Gasteiger partial charge in [-0.25, -0.2) is 4.98 Å². The minimum atomic E-state index is 0.694. The number of aromatic amines is 1. The van der Waals surface area contributed by atoms with Crippen molar-refractivity contribution in [3.05, 3.63) is 59.7 Å². The van der Waals surface area contributed by atoms with Crippen molar-refractivity contribution in [1.29, 1.82) is 0 Å². The van der Waals surface area contributed by atoms with Crippen LogP contribution in [0.3, 0.4) is 0 Å². The molecule has 2 heterocycles. The number of nitrogens with one attached hydrogen (secondary N) is 1. The normalized spacial score (nSPS) is 11.3. The molecule has 4 nitrogen and oxygen atoms in total. The van der Waals surface area contributed by atoms with Crippen molar-refractivity contribution in [2.24, 2.45) is 0 Å². The number of H-pyrrole nitrogens is 1. The Hall–Kier alpha value is -2.40. The van der Waals surface area contributed by atoms with Crippen LogP contribution in [0.15, 0.2) is 53.7 Å². The predicted octanol–water partition coefficient (Wildman–Crippen LogP) is 4.11. The molecule has 1 N–H and O–H groups in total. The van der Waals surface area contributed by atoms with Gasteiger partial charge >= 0.3 is 0 Å². The number of fused-ring (bicyclic) bond motifs is 3. The summed E-state index contributed by atoms with van der Waals surface area (Å²) in [5.74, 6) is 0.841. The zero-order valence-corrected chi connectivity index (χ0v) is 12.9. The van der Waals surface area contributed by atoms with E-state index < -0.39 is 0 Å². The van der Waals surface area contributed by atoms with Gasteiger partial charge in [-0.1, -0.05) is 59.8 Å². The molecular formula is C17H14N4S. The molecule has 0 aliphatic heterocycles. The first kappa shape index (κ1) is 13.3. The highest BCUT2D eigenvalue weighted by Crippen LogP contribution is 2.24. The lowest BCUT2D eigenvalue weighted by Gasteiger charge is -2.01. The molecule has 0 atom stereocenters. The van der Waals surface area contributed by atoms with Crippen LogP contribution in [0.5, 0.6) is 0 Å². The van der Waals surface area contributed by atoms with E-state index in [1.54, 1.807) is 11.8 Å². The Balaban J connectivity index is 1.62. The SMILES string of the molecule is Cc1ccc(CSc2nnc3c(n2)[nH]c2ccccc23)cc1. The molecule has 0 radical (unpaired) electrons. The van der Waals surface area contributed by atoms with Crippen LogP contribution < -0.4 is 0 Å². The van der Waals surface area contributed by atoms with E-state index in [9.17, 15) is 0 Å². The van der Waals surface area contributed by atoms with E-state index in [-0.39, 0.29) is 0 Å². The van der Waals surface area contributed by atoms with Crippen molar-refractivity contribution in [3.8, 4) is 0 Å². The molecule has 0 aliphatic rings. The zero-order valence-electron chi connectivity index (χ0n) is 12.1. The summed E-state index contributed by atoms with van der Waals surface area (Å²) in [5, 5.41) is 10.3. The number of hydrogen-bond donors (Lipinski definition) is 1. The summed E-state index contributed by atoms with van der Waals surface area (Å²) >= 11 is 1.60. The number of aromatic nitrogens is 4. The zero-order chi connectivity index (χ0) is 14.9. The molecule has 0 fully saturated rings. The first-order valence-corrected chi connectivity index (χ1v) is 8.08. The minimum absolute atomic E-state index is 0.694. The van der Waals surface area contributed by atoms with E-state index in [1.165, 1.54) is 11.1 Å². The average molecular weight is 306 g/mol. The maximum absolute atomic E-state index is 4.58. The molecule has 22 heavy (non-hydrogen) atoms. The quantitative estimate of drug-likeness (QED) is 0.579. The van der Waals surface area contributed by atoms with Crippen LogP contribution in [-0.4, -0.2) is 20.2 Å². The highest BCUT2D eigenvalue weighted by Gasteiger charge is 2.08. The van der Waals surface area contributed by atoms with Crippen LogP contribution in [0, 0.1) is 6.92 Å². The summed E-state index contributed by atoms with van der Waals surface area (Å²) in [7, 11) is 0. The third-order valence-corrected chi connectivity index (χ3v) is 4.50. The summed E-state index contributed by atoms with van der Waals surface area (Å²) in [4.78, 5) is 7.88. The molecule has 0 spiro atoms. The van der Waals surface area contributed by atoms with Gasteiger partial charge in [0, 0.05) is 16.7 Å². The third-order valence-electron chi connectivity index (χ3n) is 3.59. The Morgan fingerprint density at radius 3 is 2.68 bits per heavy atom. The standard InChI is InChI=1S/C17H14N4S/c1-11-6-8-12(9-7-11)10-22-17-19-16-15(20-21-17)13-4-2-3-5-14(13)18-16/h2-9H,10H2,1H3,(H,18,19,21). The van der Waals surface area contributed by atoms with E-state index in [0.717, 1.165) is 27.8 Å². The van der Waals surface area contributed by atoms with Crippen molar-refractivity contribution in [2.75, 3.05) is 0 Å². The Bertz CT molecular complexity index is 944. The number of thioether (sulfide) groups is 1. The predicted molar refractivity (Wildman–Crippen MR) is 89.9 cm³/mol. The lowest BCUT2D eigenvalue weighted by Crippen LogP contribution is -1.92. The van der Waals surface area contributed by atoms with Crippen LogP contribution in [0.25, 0.3) is 22.1 Å². The maximum Gasteiger partial charge on any atom is 0.211 e. The summed E-state index contributed by atoms with van der Waals surface area (Å²) in [5.41, 5.74) is 5.19. The van der Waals surface area contributed by atoms with E-state index in [0.29, 0.717) is 5.16 Å². The van der Waals surface area contributed by atoms with Gasteiger partial charge in [0.2, 0.25) is 5.16 Å². The van der Waals surface area contributed by atoms with Crippen LogP contribution in [0.2, 0.25) is 0 Å². The van der Waals surface area contributed by atoms with Crippen molar-refractivity contribution in [1.82, 2.24) is 20.2 Å². The molecule has 2 aromatic carbocycles. The molecule has 0 amide bonds. The Kier molecular flexibility index (Phi) is 3.27. The molecule has 0 unspecified atom stereocenters. The number of benzene rings is 2. The van der Waals surface area contributed by atoms with Gasteiger partial charge in [-0.2, -0.15) is 0 Å². The fraction of sp³-hybridized carbons (Fsp3) is 0.118. The number of nitrogens with zero attached hydrogens (tertiary/aromatic N) is 3. The largest absolute Gasteiger partial charge is 0.338 e. The summed E-state index contributed by atoms with van der Waals surface area (Å²) in [6.07, 6.45) is 0. The molecular weight excluding hydrogens is 292 g/mol. The number of aryl methyl sites for hydroxylation is 1. The Labute approximate surface area is 132 Å². The van der Waals surface area contributed by atoms with Gasteiger partial charge in [0.1, 0.15) is 5.52 Å². The van der Waals surface area contributed by atoms with Crippen LogP contribution in [0.4, 0.5) is 0 Å². The molecule has 0 saturated carbocycles. The molecule has 0 aliphatic carbocycles. The molecule has 0 bridgehead atoms. The number of para-hydroxylation sites is 1. The summed E-state index contributed by atoms with van der Waals surface area (Å²) in [6.45, 7) is 2.09. The van der Waals surface area contributed by atoms with Gasteiger partial charge in [0.05, 0.1) is 0 Å². The first-order valence-electron chi connectivity index (χ1n) is 7.09. The summed E-state index contributed by atoms with van der Waals surface area (Å²) < 4.78 is 0. The fourth-order valence-electron chi connectivity index (χ4n) is 2.40. The van der Waals surface area contributed by atoms with E-state index in [2.05, 4.69) is 51.4 Å². The molecule has 4 rings (SSSR count). The van der Waals surface area contributed by atoms with Crippen molar-refractivity contribution >= 4 is 33.8 Å². The Morgan fingerprint density at radius 1 is 1.00 bits per heavy atom. The number of rotatable bonds is 3. The minimum Gasteiger partial charge on any atom is -0.338 e. The van der Waals surface area contributed by atoms with Crippen molar-refractivity contribution in [2.45, 2.75) is 17.8 Å². The lowest BCUT2D eigenvalue weighted by atomic mass is 10.2. The van der Waals surface area contributed by atoms with Gasteiger partial charge < -0.3 is 4.98 Å². The molecule has 108 valence electrons. The summed E-state index contributed by atoms with van der Waals surface area (Å²) in [6, 6.07) is 16.6. The van der Waals surface area contributed by atoms with E-state index >= 15 is 0 Å². The molecule has 0 saturated heterocycles. The molecule has 5 heteroatoms. The van der Waals surface area contributed by atoms with Gasteiger partial charge in [-0.05, 0) is 18.6 Å². The smallest absolute Gasteiger partial charge is 0.211 e. The monoisotopic (exact) mass is 306 g/mol. The first-order chi connectivity index (χ1) is 10.8. The third kappa shape index (κ3) is 2.44. The highest BCUT2D eigenvalue weighted by molar-refractivity contribution is 7.98. The Morgan fingerprint density at radius 2 is 1.82 bits per heavy atom. The van der Waals surface area contributed by atoms with Crippen LogP contribution >= 0.6 is 11.8 Å². The van der Waals surface area contributed by atoms with Gasteiger partial charge in [-0.15, -0.1) is 10.2 Å². The van der Waals surface area contributed by atoms with E-state index in [4.69, 9.17) is 0 Å². The second-order valence-electron chi connectivity index (χ2n) is 5.24. The van der Waals surface area contributed by atoms with Gasteiger partial charge in [0.25, 0.3) is 0 Å². The van der Waals surface area contributed by atoms with Crippen LogP contribution in [0.1, 0.15) is 11.1 Å². The van der Waals surface area contributed by atoms with E-state index in [1.807, 2.05) is 24.3 Å². The van der Waals surface area contributed by atoms with Crippen molar-refractivity contribution < 1.29 is 0 Å². The fourth-order valence-corrected chi connectivity index (χ4v) is 3.14. The van der Waals surface area contributed by atoms with Crippen molar-refractivity contribution in [3.63, 3.8) is 0 Å². The molecule has 2 aromatic heterocycles. The highest BCUT2D eigenvalue weighted by atomic mass is 32.2. The topological polar surface area (TPSA) is 54.5 Å². The molecule has 4 aromatic rings. The lowest BCUT2D eigenvalue weighted by molar-refractivity contribution is 0.878. The second kappa shape index (κ2) is 5.42. The maximum atomic E-state index is 4.58. The second-order valence-corrected chi connectivity index (χ2v) is 6.18. The van der Waals surface area contributed by atoms with Gasteiger partial charge in [0.15, 0.2) is 5.65 Å². The average Bonchev–Trinajstić information content (AvgIpc) is 2.92. The number of hydrogen-bond acceptors (Lipinski definition) is 4. The van der Waals surface area contributed by atoms with Crippen LogP contribution in [-0.2, 0) is 5.75 Å². The van der Waals surface area contributed by atoms with Gasteiger partial charge in [-0.3, -0.25) is 0 Å².